The molecule has 0 radical (unpaired) electrons. The summed E-state index contributed by atoms with van der Waals surface area (Å²) in [7, 11) is 0. The Kier molecular flexibility index (Phi) is 2.58. The molecule has 0 aliphatic heterocycles. The molecule has 0 spiro atoms. The second kappa shape index (κ2) is 4.06. The van der Waals surface area contributed by atoms with Gasteiger partial charge in [0.25, 0.3) is 0 Å². The molecular weight excluding hydrogens is 306 g/mol. The van der Waals surface area contributed by atoms with Crippen molar-refractivity contribution in [1.29, 1.82) is 0 Å². The number of hydrogen-bond acceptors (Lipinski definition) is 2. The van der Waals surface area contributed by atoms with Crippen molar-refractivity contribution in [2.75, 3.05) is 0 Å². The van der Waals surface area contributed by atoms with Crippen LogP contribution in [0.1, 0.15) is 30.9 Å². The minimum atomic E-state index is 0.253. The van der Waals surface area contributed by atoms with Crippen molar-refractivity contribution in [2.45, 2.75) is 25.3 Å². The SMILES string of the molecule is NC(c1csc2c(Br)cccc12)C1C2CCCC21. The van der Waals surface area contributed by atoms with Crippen molar-refractivity contribution in [2.24, 2.45) is 23.5 Å². The van der Waals surface area contributed by atoms with Crippen LogP contribution in [0.5, 0.6) is 0 Å². The van der Waals surface area contributed by atoms with Crippen LogP contribution in [0, 0.1) is 17.8 Å². The van der Waals surface area contributed by atoms with Crippen LogP contribution in [0.15, 0.2) is 28.1 Å². The van der Waals surface area contributed by atoms with E-state index in [9.17, 15) is 0 Å². The summed E-state index contributed by atoms with van der Waals surface area (Å²) in [5, 5.41) is 3.63. The van der Waals surface area contributed by atoms with E-state index in [1.165, 1.54) is 39.4 Å². The van der Waals surface area contributed by atoms with Gasteiger partial charge in [-0.1, -0.05) is 18.6 Å². The second-order valence-electron chi connectivity index (χ2n) is 5.67. The Bertz CT molecular complexity index is 596. The molecule has 18 heavy (non-hydrogen) atoms. The standard InChI is InChI=1S/C15H16BrNS/c16-12-6-2-5-10-11(7-18-15(10)12)14(17)13-8-3-1-4-9(8)13/h2,5-9,13-14H,1,3-4,17H2. The van der Waals surface area contributed by atoms with E-state index < -0.39 is 0 Å². The van der Waals surface area contributed by atoms with Crippen LogP contribution in [-0.2, 0) is 0 Å². The van der Waals surface area contributed by atoms with Gasteiger partial charge in [-0.15, -0.1) is 11.3 Å². The van der Waals surface area contributed by atoms with E-state index in [4.69, 9.17) is 5.73 Å². The zero-order valence-electron chi connectivity index (χ0n) is 10.1. The molecule has 1 nitrogen and oxygen atoms in total. The molecule has 0 bridgehead atoms. The molecule has 1 heterocycles. The van der Waals surface area contributed by atoms with Gasteiger partial charge >= 0.3 is 0 Å². The minimum Gasteiger partial charge on any atom is -0.324 e. The molecule has 2 saturated carbocycles. The molecule has 3 unspecified atom stereocenters. The molecule has 1 aromatic carbocycles. The van der Waals surface area contributed by atoms with Gasteiger partial charge < -0.3 is 5.73 Å². The van der Waals surface area contributed by atoms with E-state index in [1.807, 2.05) is 11.3 Å². The Morgan fingerprint density at radius 2 is 2.06 bits per heavy atom. The molecule has 2 aromatic rings. The number of hydrogen-bond donors (Lipinski definition) is 1. The molecular formula is C15H16BrNS. The molecule has 0 saturated heterocycles. The van der Waals surface area contributed by atoms with Gasteiger partial charge in [-0.25, -0.2) is 0 Å². The lowest BCUT2D eigenvalue weighted by Gasteiger charge is -2.13. The summed E-state index contributed by atoms with van der Waals surface area (Å²) in [5.41, 5.74) is 7.91. The zero-order valence-corrected chi connectivity index (χ0v) is 12.5. The summed E-state index contributed by atoms with van der Waals surface area (Å²) < 4.78 is 2.54. The first-order valence-corrected chi connectivity index (χ1v) is 8.36. The van der Waals surface area contributed by atoms with E-state index in [1.54, 1.807) is 0 Å². The van der Waals surface area contributed by atoms with Crippen molar-refractivity contribution >= 4 is 37.4 Å². The molecule has 2 N–H and O–H groups in total. The summed E-state index contributed by atoms with van der Waals surface area (Å²) in [6.45, 7) is 0. The molecule has 1 aromatic heterocycles. The fourth-order valence-electron chi connectivity index (χ4n) is 3.92. The first kappa shape index (κ1) is 11.4. The average molecular weight is 322 g/mol. The van der Waals surface area contributed by atoms with E-state index in [-0.39, 0.29) is 6.04 Å². The molecule has 2 aliphatic rings. The van der Waals surface area contributed by atoms with Crippen LogP contribution >= 0.6 is 27.3 Å². The maximum Gasteiger partial charge on any atom is 0.0488 e. The van der Waals surface area contributed by atoms with Crippen molar-refractivity contribution in [3.05, 3.63) is 33.6 Å². The molecule has 3 atom stereocenters. The Hall–Kier alpha value is -0.380. The number of nitrogens with two attached hydrogens (primary N) is 1. The number of halogens is 1. The molecule has 4 rings (SSSR count). The summed E-state index contributed by atoms with van der Waals surface area (Å²) in [6, 6.07) is 6.69. The summed E-state index contributed by atoms with van der Waals surface area (Å²) >= 11 is 5.45. The van der Waals surface area contributed by atoms with Crippen LogP contribution < -0.4 is 5.73 Å². The number of thiophene rings is 1. The van der Waals surface area contributed by atoms with Crippen molar-refractivity contribution in [3.8, 4) is 0 Å². The van der Waals surface area contributed by atoms with Gasteiger partial charge in [-0.3, -0.25) is 0 Å². The van der Waals surface area contributed by atoms with E-state index in [2.05, 4.69) is 39.5 Å². The Labute approximate surface area is 120 Å². The minimum absolute atomic E-state index is 0.253. The topological polar surface area (TPSA) is 26.0 Å². The van der Waals surface area contributed by atoms with Crippen LogP contribution in [0.25, 0.3) is 10.1 Å². The smallest absolute Gasteiger partial charge is 0.0488 e. The van der Waals surface area contributed by atoms with E-state index in [0.717, 1.165) is 17.8 Å². The highest BCUT2D eigenvalue weighted by Gasteiger charge is 2.55. The lowest BCUT2D eigenvalue weighted by Crippen LogP contribution is -2.14. The lowest BCUT2D eigenvalue weighted by molar-refractivity contribution is 0.505. The number of benzene rings is 1. The molecule has 3 heteroatoms. The molecule has 94 valence electrons. The highest BCUT2D eigenvalue weighted by Crippen LogP contribution is 2.62. The van der Waals surface area contributed by atoms with Gasteiger partial charge in [-0.2, -0.15) is 0 Å². The van der Waals surface area contributed by atoms with Gasteiger partial charge in [0, 0.05) is 15.2 Å². The van der Waals surface area contributed by atoms with Gasteiger partial charge in [-0.05, 0) is 68.9 Å². The van der Waals surface area contributed by atoms with E-state index >= 15 is 0 Å². The fraction of sp³-hybridized carbons (Fsp3) is 0.467. The Morgan fingerprint density at radius 3 is 2.83 bits per heavy atom. The van der Waals surface area contributed by atoms with Crippen molar-refractivity contribution < 1.29 is 0 Å². The first-order chi connectivity index (χ1) is 8.77. The summed E-state index contributed by atoms with van der Waals surface area (Å²) in [5.74, 6) is 2.62. The van der Waals surface area contributed by atoms with Crippen molar-refractivity contribution in [1.82, 2.24) is 0 Å². The molecule has 0 amide bonds. The molecule has 2 aliphatic carbocycles. The maximum atomic E-state index is 6.54. The Balaban J connectivity index is 1.72. The number of fused-ring (bicyclic) bond motifs is 2. The van der Waals surface area contributed by atoms with E-state index in [0.29, 0.717) is 0 Å². The third-order valence-electron chi connectivity index (χ3n) is 4.83. The third-order valence-corrected chi connectivity index (χ3v) is 6.80. The largest absolute Gasteiger partial charge is 0.324 e. The Morgan fingerprint density at radius 1 is 1.28 bits per heavy atom. The highest BCUT2D eigenvalue weighted by atomic mass is 79.9. The van der Waals surface area contributed by atoms with Crippen LogP contribution in [0.4, 0.5) is 0 Å². The fourth-order valence-corrected chi connectivity index (χ4v) is 5.59. The van der Waals surface area contributed by atoms with Crippen LogP contribution in [-0.4, -0.2) is 0 Å². The summed E-state index contributed by atoms with van der Waals surface area (Å²) in [4.78, 5) is 0. The predicted molar refractivity (Wildman–Crippen MR) is 80.8 cm³/mol. The number of rotatable bonds is 2. The normalized spacial score (nSPS) is 31.6. The lowest BCUT2D eigenvalue weighted by atomic mass is 9.97. The monoisotopic (exact) mass is 321 g/mol. The van der Waals surface area contributed by atoms with Crippen LogP contribution in [0.2, 0.25) is 0 Å². The summed E-state index contributed by atoms with van der Waals surface area (Å²) in [6.07, 6.45) is 4.25. The van der Waals surface area contributed by atoms with Gasteiger partial charge in [0.05, 0.1) is 0 Å². The van der Waals surface area contributed by atoms with Gasteiger partial charge in [0.1, 0.15) is 0 Å². The van der Waals surface area contributed by atoms with Gasteiger partial charge in [0.2, 0.25) is 0 Å². The van der Waals surface area contributed by atoms with Crippen LogP contribution in [0.3, 0.4) is 0 Å². The quantitative estimate of drug-likeness (QED) is 0.851. The second-order valence-corrected chi connectivity index (χ2v) is 7.40. The van der Waals surface area contributed by atoms with Gasteiger partial charge in [0.15, 0.2) is 0 Å². The molecule has 2 fully saturated rings. The first-order valence-electron chi connectivity index (χ1n) is 6.68. The average Bonchev–Trinajstić information content (AvgIpc) is 2.79. The third kappa shape index (κ3) is 1.54. The highest BCUT2D eigenvalue weighted by molar-refractivity contribution is 9.10. The predicted octanol–water partition coefficient (Wildman–Crippen LogP) is 4.71. The maximum absolute atomic E-state index is 6.54. The van der Waals surface area contributed by atoms with Crippen molar-refractivity contribution in [3.63, 3.8) is 0 Å². The zero-order chi connectivity index (χ0) is 12.3.